The Kier molecular flexibility index (Phi) is 8.33. The molecular weight excluding hydrogens is 290 g/mol. The van der Waals surface area contributed by atoms with Gasteiger partial charge < -0.3 is 10.6 Å². The van der Waals surface area contributed by atoms with E-state index in [0.29, 0.717) is 6.54 Å². The number of amides is 2. The predicted octanol–water partition coefficient (Wildman–Crippen LogP) is 3.34. The molecule has 0 spiro atoms. The Balaban J connectivity index is 2.53. The summed E-state index contributed by atoms with van der Waals surface area (Å²) in [5.74, 6) is -0.0834. The molecule has 0 aliphatic carbocycles. The number of anilines is 2. The lowest BCUT2D eigenvalue weighted by molar-refractivity contribution is -0.119. The Morgan fingerprint density at radius 3 is 1.87 bits per heavy atom. The molecule has 0 saturated carbocycles. The lowest BCUT2D eigenvalue weighted by Gasteiger charge is -2.20. The molecule has 0 saturated heterocycles. The van der Waals surface area contributed by atoms with Crippen LogP contribution >= 0.6 is 0 Å². The molecule has 1 aromatic rings. The van der Waals surface area contributed by atoms with Crippen molar-refractivity contribution in [1.82, 2.24) is 4.90 Å². The number of benzene rings is 1. The van der Waals surface area contributed by atoms with E-state index in [0.717, 1.165) is 37.3 Å². The second-order valence-electron chi connectivity index (χ2n) is 6.05. The molecule has 23 heavy (non-hydrogen) atoms. The smallest absolute Gasteiger partial charge is 0.238 e. The van der Waals surface area contributed by atoms with Crippen LogP contribution in [0.25, 0.3) is 0 Å². The van der Waals surface area contributed by atoms with Crippen LogP contribution in [0.1, 0.15) is 40.5 Å². The molecule has 1 rings (SSSR count). The Morgan fingerprint density at radius 2 is 1.43 bits per heavy atom. The fourth-order valence-corrected chi connectivity index (χ4v) is 2.23. The normalized spacial score (nSPS) is 10.9. The first-order valence-corrected chi connectivity index (χ1v) is 8.39. The summed E-state index contributed by atoms with van der Waals surface area (Å²) >= 11 is 0. The maximum Gasteiger partial charge on any atom is 0.238 e. The third kappa shape index (κ3) is 7.28. The number of nitrogens with zero attached hydrogens (tertiary/aromatic N) is 1. The van der Waals surface area contributed by atoms with Crippen LogP contribution in [-0.4, -0.2) is 36.3 Å². The maximum absolute atomic E-state index is 12.1. The van der Waals surface area contributed by atoms with Crippen molar-refractivity contribution in [1.29, 1.82) is 0 Å². The maximum atomic E-state index is 12.1. The molecule has 5 nitrogen and oxygen atoms in total. The van der Waals surface area contributed by atoms with E-state index in [1.54, 1.807) is 24.3 Å². The molecule has 0 bridgehead atoms. The van der Waals surface area contributed by atoms with Crippen LogP contribution in [0.15, 0.2) is 24.3 Å². The van der Waals surface area contributed by atoms with Gasteiger partial charge in [-0.3, -0.25) is 14.5 Å². The van der Waals surface area contributed by atoms with Gasteiger partial charge in [-0.2, -0.15) is 0 Å². The van der Waals surface area contributed by atoms with Crippen molar-refractivity contribution >= 4 is 23.2 Å². The number of hydrogen-bond donors (Lipinski definition) is 2. The highest BCUT2D eigenvalue weighted by atomic mass is 16.2. The number of nitrogens with one attached hydrogen (secondary N) is 2. The SMILES string of the molecule is CCCN(CCC)CC(=O)Nc1ccc(NC(=O)C(C)C)cc1. The molecule has 1 aromatic carbocycles. The van der Waals surface area contributed by atoms with E-state index >= 15 is 0 Å². The molecule has 0 radical (unpaired) electrons. The van der Waals surface area contributed by atoms with Crippen LogP contribution in [0.4, 0.5) is 11.4 Å². The quantitative estimate of drug-likeness (QED) is 0.734. The van der Waals surface area contributed by atoms with Gasteiger partial charge in [-0.05, 0) is 50.2 Å². The number of carbonyl (C=O) groups is 2. The highest BCUT2D eigenvalue weighted by Gasteiger charge is 2.10. The predicted molar refractivity (Wildman–Crippen MR) is 95.6 cm³/mol. The van der Waals surface area contributed by atoms with E-state index < -0.39 is 0 Å². The molecule has 0 unspecified atom stereocenters. The van der Waals surface area contributed by atoms with Crippen LogP contribution in [0.5, 0.6) is 0 Å². The molecule has 5 heteroatoms. The number of rotatable bonds is 9. The summed E-state index contributed by atoms with van der Waals surface area (Å²) in [6.07, 6.45) is 2.08. The van der Waals surface area contributed by atoms with Crippen molar-refractivity contribution in [2.75, 3.05) is 30.3 Å². The van der Waals surface area contributed by atoms with E-state index in [-0.39, 0.29) is 17.7 Å². The van der Waals surface area contributed by atoms with Crippen LogP contribution in [-0.2, 0) is 9.59 Å². The van der Waals surface area contributed by atoms with Crippen molar-refractivity contribution in [2.24, 2.45) is 5.92 Å². The molecule has 0 aliphatic heterocycles. The molecule has 128 valence electrons. The Morgan fingerprint density at radius 1 is 0.957 bits per heavy atom. The standard InChI is InChI=1S/C18H29N3O2/c1-5-11-21(12-6-2)13-17(22)19-15-7-9-16(10-8-15)20-18(23)14(3)4/h7-10,14H,5-6,11-13H2,1-4H3,(H,19,22)(H,20,23). The van der Waals surface area contributed by atoms with Gasteiger partial charge in [0.2, 0.25) is 11.8 Å². The van der Waals surface area contributed by atoms with Crippen molar-refractivity contribution in [3.63, 3.8) is 0 Å². The monoisotopic (exact) mass is 319 g/mol. The van der Waals surface area contributed by atoms with Gasteiger partial charge in [0.1, 0.15) is 0 Å². The van der Waals surface area contributed by atoms with Gasteiger partial charge in [0.25, 0.3) is 0 Å². The van der Waals surface area contributed by atoms with Gasteiger partial charge in [0.15, 0.2) is 0 Å². The summed E-state index contributed by atoms with van der Waals surface area (Å²) < 4.78 is 0. The third-order valence-electron chi connectivity index (χ3n) is 3.41. The molecule has 0 atom stereocenters. The van der Waals surface area contributed by atoms with Gasteiger partial charge in [-0.1, -0.05) is 27.7 Å². The van der Waals surface area contributed by atoms with Gasteiger partial charge >= 0.3 is 0 Å². The van der Waals surface area contributed by atoms with Crippen LogP contribution in [0.2, 0.25) is 0 Å². The van der Waals surface area contributed by atoms with E-state index in [1.165, 1.54) is 0 Å². The van der Waals surface area contributed by atoms with E-state index in [1.807, 2.05) is 13.8 Å². The zero-order valence-corrected chi connectivity index (χ0v) is 14.7. The number of carbonyl (C=O) groups excluding carboxylic acids is 2. The van der Waals surface area contributed by atoms with Crippen LogP contribution in [0, 0.1) is 5.92 Å². The average molecular weight is 319 g/mol. The second kappa shape index (κ2) is 10.0. The van der Waals surface area contributed by atoms with Crippen LogP contribution in [0.3, 0.4) is 0 Å². The second-order valence-corrected chi connectivity index (χ2v) is 6.05. The van der Waals surface area contributed by atoms with Gasteiger partial charge in [0.05, 0.1) is 6.54 Å². The van der Waals surface area contributed by atoms with E-state index in [9.17, 15) is 9.59 Å². The molecule has 0 aliphatic rings. The first kappa shape index (κ1) is 19.2. The summed E-state index contributed by atoms with van der Waals surface area (Å²) in [5, 5.41) is 5.73. The van der Waals surface area contributed by atoms with E-state index in [4.69, 9.17) is 0 Å². The zero-order chi connectivity index (χ0) is 17.2. The fraction of sp³-hybridized carbons (Fsp3) is 0.556. The Hall–Kier alpha value is -1.88. The van der Waals surface area contributed by atoms with Crippen molar-refractivity contribution in [3.05, 3.63) is 24.3 Å². The molecule has 0 aromatic heterocycles. The minimum absolute atomic E-state index is 0.00846. The lowest BCUT2D eigenvalue weighted by Crippen LogP contribution is -2.34. The zero-order valence-electron chi connectivity index (χ0n) is 14.7. The largest absolute Gasteiger partial charge is 0.326 e. The van der Waals surface area contributed by atoms with Crippen molar-refractivity contribution in [2.45, 2.75) is 40.5 Å². The first-order valence-electron chi connectivity index (χ1n) is 8.39. The van der Waals surface area contributed by atoms with Gasteiger partial charge in [-0.25, -0.2) is 0 Å². The average Bonchev–Trinajstić information content (AvgIpc) is 2.49. The third-order valence-corrected chi connectivity index (χ3v) is 3.41. The van der Waals surface area contributed by atoms with Crippen molar-refractivity contribution < 1.29 is 9.59 Å². The van der Waals surface area contributed by atoms with Gasteiger partial charge in [-0.15, -0.1) is 0 Å². The minimum Gasteiger partial charge on any atom is -0.326 e. The topological polar surface area (TPSA) is 61.4 Å². The summed E-state index contributed by atoms with van der Waals surface area (Å²) in [4.78, 5) is 25.9. The summed E-state index contributed by atoms with van der Waals surface area (Å²) in [6.45, 7) is 10.2. The molecule has 0 fully saturated rings. The Labute approximate surface area is 139 Å². The minimum atomic E-state index is -0.0579. The summed E-state index contributed by atoms with van der Waals surface area (Å²) in [6, 6.07) is 7.20. The first-order chi connectivity index (χ1) is 11.0. The lowest BCUT2D eigenvalue weighted by atomic mass is 10.2. The highest BCUT2D eigenvalue weighted by Crippen LogP contribution is 2.14. The molecule has 0 heterocycles. The summed E-state index contributed by atoms with van der Waals surface area (Å²) in [7, 11) is 0. The Bertz CT molecular complexity index is 491. The van der Waals surface area contributed by atoms with E-state index in [2.05, 4.69) is 29.4 Å². The van der Waals surface area contributed by atoms with Gasteiger partial charge in [0, 0.05) is 17.3 Å². The number of hydrogen-bond acceptors (Lipinski definition) is 3. The van der Waals surface area contributed by atoms with Crippen LogP contribution < -0.4 is 10.6 Å². The molecule has 2 amide bonds. The van der Waals surface area contributed by atoms with Crippen molar-refractivity contribution in [3.8, 4) is 0 Å². The highest BCUT2D eigenvalue weighted by molar-refractivity contribution is 5.94. The molecular formula is C18H29N3O2. The summed E-state index contributed by atoms with van der Waals surface area (Å²) in [5.41, 5.74) is 1.48. The fourth-order valence-electron chi connectivity index (χ4n) is 2.23. The molecule has 2 N–H and O–H groups in total.